The molecule has 1 saturated heterocycles. The van der Waals surface area contributed by atoms with Gasteiger partial charge in [-0.1, -0.05) is 11.1 Å². The molecule has 4 nitrogen and oxygen atoms in total. The lowest BCUT2D eigenvalue weighted by Gasteiger charge is -2.28. The SMILES string of the molecule is O=C(c1ccc[nH]c1=O)N1CCC(=C2CC2)CC1. The van der Waals surface area contributed by atoms with E-state index >= 15 is 0 Å². The maximum Gasteiger partial charge on any atom is 0.260 e. The number of aromatic nitrogens is 1. The Morgan fingerprint density at radius 2 is 1.78 bits per heavy atom. The van der Waals surface area contributed by atoms with Crippen molar-refractivity contribution in [3.05, 3.63) is 45.4 Å². The van der Waals surface area contributed by atoms with Crippen LogP contribution in [0, 0.1) is 0 Å². The van der Waals surface area contributed by atoms with Crippen LogP contribution in [0.3, 0.4) is 0 Å². The molecule has 1 N–H and O–H groups in total. The Bertz CT molecular complexity index is 555. The van der Waals surface area contributed by atoms with Crippen LogP contribution in [-0.2, 0) is 0 Å². The fourth-order valence-corrected chi connectivity index (χ4v) is 2.51. The minimum absolute atomic E-state index is 0.142. The van der Waals surface area contributed by atoms with E-state index in [0.717, 1.165) is 25.9 Å². The Morgan fingerprint density at radius 1 is 1.11 bits per heavy atom. The van der Waals surface area contributed by atoms with Crippen LogP contribution in [0.4, 0.5) is 0 Å². The second-order valence-electron chi connectivity index (χ2n) is 4.91. The summed E-state index contributed by atoms with van der Waals surface area (Å²) in [5.41, 5.74) is 3.09. The summed E-state index contributed by atoms with van der Waals surface area (Å²) in [5.74, 6) is -0.142. The summed E-state index contributed by atoms with van der Waals surface area (Å²) in [6.45, 7) is 1.48. The van der Waals surface area contributed by atoms with Crippen molar-refractivity contribution in [1.29, 1.82) is 0 Å². The lowest BCUT2D eigenvalue weighted by molar-refractivity contribution is 0.0741. The molecule has 1 aliphatic heterocycles. The molecule has 94 valence electrons. The molecular weight excluding hydrogens is 228 g/mol. The maximum atomic E-state index is 12.2. The first kappa shape index (κ1) is 11.3. The van der Waals surface area contributed by atoms with Crippen LogP contribution in [0.15, 0.2) is 34.3 Å². The number of rotatable bonds is 1. The summed E-state index contributed by atoms with van der Waals surface area (Å²) in [4.78, 5) is 28.1. The third kappa shape index (κ3) is 2.10. The van der Waals surface area contributed by atoms with Gasteiger partial charge in [-0.25, -0.2) is 0 Å². The number of hydrogen-bond acceptors (Lipinski definition) is 2. The van der Waals surface area contributed by atoms with Gasteiger partial charge in [0, 0.05) is 19.3 Å². The van der Waals surface area contributed by atoms with Crippen LogP contribution < -0.4 is 5.56 Å². The van der Waals surface area contributed by atoms with Crippen molar-refractivity contribution in [3.63, 3.8) is 0 Å². The van der Waals surface area contributed by atoms with E-state index in [1.807, 2.05) is 0 Å². The number of carbonyl (C=O) groups excluding carboxylic acids is 1. The number of likely N-dealkylation sites (tertiary alicyclic amines) is 1. The standard InChI is InChI=1S/C14H16N2O2/c17-13-12(2-1-7-15-13)14(18)16-8-5-11(6-9-16)10-3-4-10/h1-2,7H,3-6,8-9H2,(H,15,17). The predicted molar refractivity (Wildman–Crippen MR) is 68.5 cm³/mol. The van der Waals surface area contributed by atoms with Crippen LogP contribution in [-0.4, -0.2) is 28.9 Å². The van der Waals surface area contributed by atoms with E-state index in [9.17, 15) is 9.59 Å². The Kier molecular flexibility index (Phi) is 2.78. The molecule has 2 heterocycles. The Morgan fingerprint density at radius 3 is 2.39 bits per heavy atom. The fourth-order valence-electron chi connectivity index (χ4n) is 2.51. The largest absolute Gasteiger partial charge is 0.338 e. The van der Waals surface area contributed by atoms with E-state index in [1.165, 1.54) is 12.8 Å². The monoisotopic (exact) mass is 244 g/mol. The van der Waals surface area contributed by atoms with Gasteiger partial charge < -0.3 is 9.88 Å². The topological polar surface area (TPSA) is 53.2 Å². The van der Waals surface area contributed by atoms with Gasteiger partial charge >= 0.3 is 0 Å². The summed E-state index contributed by atoms with van der Waals surface area (Å²) in [5, 5.41) is 0. The quantitative estimate of drug-likeness (QED) is 0.764. The maximum absolute atomic E-state index is 12.2. The number of nitrogens with zero attached hydrogens (tertiary/aromatic N) is 1. The summed E-state index contributed by atoms with van der Waals surface area (Å²) in [6, 6.07) is 3.28. The fraction of sp³-hybridized carbons (Fsp3) is 0.429. The number of piperidine rings is 1. The number of nitrogens with one attached hydrogen (secondary N) is 1. The molecule has 1 saturated carbocycles. The number of pyridine rings is 1. The van der Waals surface area contributed by atoms with Gasteiger partial charge in [0.1, 0.15) is 5.56 Å². The molecule has 1 amide bonds. The molecule has 2 fully saturated rings. The van der Waals surface area contributed by atoms with Crippen molar-refractivity contribution in [2.24, 2.45) is 0 Å². The van der Waals surface area contributed by atoms with Crippen LogP contribution in [0.1, 0.15) is 36.0 Å². The predicted octanol–water partition coefficient (Wildman–Crippen LogP) is 1.70. The number of carbonyl (C=O) groups is 1. The average Bonchev–Trinajstić information content (AvgIpc) is 3.23. The first-order chi connectivity index (χ1) is 8.75. The summed E-state index contributed by atoms with van der Waals surface area (Å²) >= 11 is 0. The molecule has 0 bridgehead atoms. The van der Waals surface area contributed by atoms with Gasteiger partial charge in [-0.05, 0) is 37.8 Å². The first-order valence-electron chi connectivity index (χ1n) is 6.42. The van der Waals surface area contributed by atoms with Crippen LogP contribution in [0.25, 0.3) is 0 Å². The van der Waals surface area contributed by atoms with Gasteiger partial charge in [0.2, 0.25) is 0 Å². The molecule has 3 rings (SSSR count). The van der Waals surface area contributed by atoms with E-state index in [1.54, 1.807) is 34.4 Å². The van der Waals surface area contributed by atoms with Crippen molar-refractivity contribution in [3.8, 4) is 0 Å². The number of amides is 1. The second-order valence-corrected chi connectivity index (χ2v) is 4.91. The minimum Gasteiger partial charge on any atom is -0.338 e. The third-order valence-corrected chi connectivity index (χ3v) is 3.70. The molecule has 1 aliphatic carbocycles. The molecule has 18 heavy (non-hydrogen) atoms. The van der Waals surface area contributed by atoms with Crippen molar-refractivity contribution in [1.82, 2.24) is 9.88 Å². The molecule has 1 aromatic heterocycles. The highest BCUT2D eigenvalue weighted by molar-refractivity contribution is 5.93. The van der Waals surface area contributed by atoms with E-state index in [4.69, 9.17) is 0 Å². The molecular formula is C14H16N2O2. The van der Waals surface area contributed by atoms with Crippen LogP contribution >= 0.6 is 0 Å². The number of H-pyrrole nitrogens is 1. The van der Waals surface area contributed by atoms with Crippen molar-refractivity contribution in [2.75, 3.05) is 13.1 Å². The van der Waals surface area contributed by atoms with E-state index in [2.05, 4.69) is 4.98 Å². The third-order valence-electron chi connectivity index (χ3n) is 3.70. The Labute approximate surface area is 105 Å². The molecule has 0 aromatic carbocycles. The molecule has 0 spiro atoms. The highest BCUT2D eigenvalue weighted by Gasteiger charge is 2.25. The lowest BCUT2D eigenvalue weighted by Crippen LogP contribution is -2.38. The first-order valence-corrected chi connectivity index (χ1v) is 6.42. The second kappa shape index (κ2) is 4.44. The van der Waals surface area contributed by atoms with E-state index < -0.39 is 0 Å². The lowest BCUT2D eigenvalue weighted by atomic mass is 10.0. The normalized spacial score (nSPS) is 19.0. The molecule has 0 unspecified atom stereocenters. The molecule has 2 aliphatic rings. The van der Waals surface area contributed by atoms with Gasteiger partial charge in [0.25, 0.3) is 11.5 Å². The van der Waals surface area contributed by atoms with Crippen LogP contribution in [0.2, 0.25) is 0 Å². The molecule has 1 aromatic rings. The molecule has 4 heteroatoms. The molecule has 0 atom stereocenters. The Hall–Kier alpha value is -1.84. The zero-order valence-corrected chi connectivity index (χ0v) is 10.2. The van der Waals surface area contributed by atoms with Crippen molar-refractivity contribution >= 4 is 5.91 Å². The zero-order valence-electron chi connectivity index (χ0n) is 10.2. The molecule has 0 radical (unpaired) electrons. The highest BCUT2D eigenvalue weighted by atomic mass is 16.2. The van der Waals surface area contributed by atoms with Crippen molar-refractivity contribution < 1.29 is 4.79 Å². The van der Waals surface area contributed by atoms with Gasteiger partial charge in [-0.2, -0.15) is 0 Å². The number of aromatic amines is 1. The minimum atomic E-state index is -0.297. The average molecular weight is 244 g/mol. The van der Waals surface area contributed by atoms with Gasteiger partial charge in [-0.15, -0.1) is 0 Å². The van der Waals surface area contributed by atoms with E-state index in [0.29, 0.717) is 0 Å². The summed E-state index contributed by atoms with van der Waals surface area (Å²) in [6.07, 6.45) is 6.01. The highest BCUT2D eigenvalue weighted by Crippen LogP contribution is 2.36. The smallest absolute Gasteiger partial charge is 0.260 e. The van der Waals surface area contributed by atoms with E-state index in [-0.39, 0.29) is 17.0 Å². The zero-order chi connectivity index (χ0) is 12.5. The summed E-state index contributed by atoms with van der Waals surface area (Å²) < 4.78 is 0. The van der Waals surface area contributed by atoms with Crippen LogP contribution in [0.5, 0.6) is 0 Å². The van der Waals surface area contributed by atoms with Gasteiger partial charge in [0.05, 0.1) is 0 Å². The summed E-state index contributed by atoms with van der Waals surface area (Å²) in [7, 11) is 0. The number of hydrogen-bond donors (Lipinski definition) is 1. The van der Waals surface area contributed by atoms with Gasteiger partial charge in [0.15, 0.2) is 0 Å². The van der Waals surface area contributed by atoms with Gasteiger partial charge in [-0.3, -0.25) is 9.59 Å². The number of allylic oxidation sites excluding steroid dienone is 1. The van der Waals surface area contributed by atoms with Crippen molar-refractivity contribution in [2.45, 2.75) is 25.7 Å². The Balaban J connectivity index is 1.73.